The van der Waals surface area contributed by atoms with Gasteiger partial charge in [-0.05, 0) is 36.4 Å². The van der Waals surface area contributed by atoms with E-state index in [-0.39, 0.29) is 35.1 Å². The first-order valence-corrected chi connectivity index (χ1v) is 8.81. The number of carbonyl (C=O) groups is 1. The smallest absolute Gasteiger partial charge is 0.277 e. The summed E-state index contributed by atoms with van der Waals surface area (Å²) in [7, 11) is 0. The zero-order chi connectivity index (χ0) is 17.9. The molecule has 0 N–H and O–H groups in total. The van der Waals surface area contributed by atoms with E-state index in [0.29, 0.717) is 17.1 Å². The lowest BCUT2D eigenvalue weighted by atomic mass is 10.1. The highest BCUT2D eigenvalue weighted by Crippen LogP contribution is 2.35. The number of halogens is 1. The Morgan fingerprint density at radius 1 is 1.12 bits per heavy atom. The lowest BCUT2D eigenvalue weighted by Gasteiger charge is -2.23. The van der Waals surface area contributed by atoms with Crippen LogP contribution in [0.5, 0.6) is 11.5 Å². The molecule has 3 aromatic rings. The first kappa shape index (κ1) is 16.6. The fourth-order valence-corrected chi connectivity index (χ4v) is 3.06. The molecule has 0 saturated heterocycles. The molecule has 0 amide bonds. The summed E-state index contributed by atoms with van der Waals surface area (Å²) in [5, 5.41) is 8.16. The third kappa shape index (κ3) is 3.55. The molecule has 0 fully saturated rings. The molecule has 1 aliphatic heterocycles. The average molecular weight is 372 g/mol. The Hall–Kier alpha value is -2.87. The predicted molar refractivity (Wildman–Crippen MR) is 91.1 cm³/mol. The maximum Gasteiger partial charge on any atom is 0.277 e. The number of thioether (sulfide) groups is 1. The van der Waals surface area contributed by atoms with Gasteiger partial charge < -0.3 is 13.9 Å². The molecule has 4 rings (SSSR count). The molecule has 0 saturated carbocycles. The SMILES string of the molecule is O=C(CSc1nnc(C2COc3ccccc3O2)o1)c1ccc(F)cc1. The zero-order valence-corrected chi connectivity index (χ0v) is 14.2. The monoisotopic (exact) mass is 372 g/mol. The van der Waals surface area contributed by atoms with Crippen LogP contribution in [0, 0.1) is 5.82 Å². The molecule has 8 heteroatoms. The van der Waals surface area contributed by atoms with Gasteiger partial charge in [-0.3, -0.25) is 4.79 Å². The summed E-state index contributed by atoms with van der Waals surface area (Å²) < 4.78 is 29.9. The van der Waals surface area contributed by atoms with Crippen molar-refractivity contribution in [2.24, 2.45) is 0 Å². The number of ether oxygens (including phenoxy) is 2. The molecule has 2 aromatic carbocycles. The summed E-state index contributed by atoms with van der Waals surface area (Å²) in [4.78, 5) is 12.1. The van der Waals surface area contributed by atoms with Crippen molar-refractivity contribution in [3.05, 3.63) is 65.8 Å². The van der Waals surface area contributed by atoms with E-state index in [1.165, 1.54) is 24.3 Å². The number of aromatic nitrogens is 2. The van der Waals surface area contributed by atoms with E-state index >= 15 is 0 Å². The molecule has 1 atom stereocenters. The van der Waals surface area contributed by atoms with Crippen molar-refractivity contribution in [2.45, 2.75) is 11.3 Å². The van der Waals surface area contributed by atoms with Gasteiger partial charge in [0.2, 0.25) is 6.10 Å². The Morgan fingerprint density at radius 2 is 1.88 bits per heavy atom. The third-order valence-corrected chi connectivity index (χ3v) is 4.52. The van der Waals surface area contributed by atoms with E-state index in [0.717, 1.165) is 11.8 Å². The molecule has 0 radical (unpaired) electrons. The van der Waals surface area contributed by atoms with Crippen LogP contribution >= 0.6 is 11.8 Å². The van der Waals surface area contributed by atoms with Crippen molar-refractivity contribution < 1.29 is 23.1 Å². The minimum Gasteiger partial charge on any atom is -0.485 e. The van der Waals surface area contributed by atoms with Gasteiger partial charge in [0.05, 0.1) is 5.75 Å². The number of benzene rings is 2. The molecule has 0 spiro atoms. The molecule has 1 unspecified atom stereocenters. The Bertz CT molecular complexity index is 929. The maximum atomic E-state index is 12.9. The van der Waals surface area contributed by atoms with Crippen LogP contribution in [0.3, 0.4) is 0 Å². The molecule has 2 heterocycles. The first-order chi connectivity index (χ1) is 12.7. The lowest BCUT2D eigenvalue weighted by Crippen LogP contribution is -2.21. The normalized spacial score (nSPS) is 15.7. The Kier molecular flexibility index (Phi) is 4.57. The minimum atomic E-state index is -0.500. The fraction of sp³-hybridized carbons (Fsp3) is 0.167. The van der Waals surface area contributed by atoms with Crippen LogP contribution in [0.2, 0.25) is 0 Å². The maximum absolute atomic E-state index is 12.9. The van der Waals surface area contributed by atoms with Crippen LogP contribution < -0.4 is 9.47 Å². The summed E-state index contributed by atoms with van der Waals surface area (Å²) >= 11 is 1.12. The second kappa shape index (κ2) is 7.17. The second-order valence-electron chi connectivity index (χ2n) is 5.49. The lowest BCUT2D eigenvalue weighted by molar-refractivity contribution is 0.0686. The number of carbonyl (C=O) groups excluding carboxylic acids is 1. The Morgan fingerprint density at radius 3 is 2.69 bits per heavy atom. The number of hydrogen-bond acceptors (Lipinski definition) is 7. The number of para-hydroxylation sites is 2. The fourth-order valence-electron chi connectivity index (χ4n) is 2.40. The number of hydrogen-bond donors (Lipinski definition) is 0. The zero-order valence-electron chi connectivity index (χ0n) is 13.4. The number of nitrogens with zero attached hydrogens (tertiary/aromatic N) is 2. The van der Waals surface area contributed by atoms with E-state index in [1.807, 2.05) is 18.2 Å². The van der Waals surface area contributed by atoms with Gasteiger partial charge in [0.15, 0.2) is 17.3 Å². The van der Waals surface area contributed by atoms with E-state index in [1.54, 1.807) is 6.07 Å². The predicted octanol–water partition coefficient (Wildman–Crippen LogP) is 3.70. The molecule has 1 aliphatic rings. The molecule has 0 bridgehead atoms. The van der Waals surface area contributed by atoms with Crippen molar-refractivity contribution in [2.75, 3.05) is 12.4 Å². The van der Waals surface area contributed by atoms with Crippen molar-refractivity contribution in [1.29, 1.82) is 0 Å². The van der Waals surface area contributed by atoms with Crippen molar-refractivity contribution in [1.82, 2.24) is 10.2 Å². The standard InChI is InChI=1S/C18H13FN2O4S/c19-12-7-5-11(6-8-12)13(22)10-26-18-21-20-17(25-18)16-9-23-14-3-1-2-4-15(14)24-16/h1-8,16H,9-10H2. The minimum absolute atomic E-state index is 0.109. The van der Waals surface area contributed by atoms with Gasteiger partial charge in [-0.1, -0.05) is 23.9 Å². The highest BCUT2D eigenvalue weighted by molar-refractivity contribution is 7.99. The van der Waals surface area contributed by atoms with Gasteiger partial charge >= 0.3 is 0 Å². The third-order valence-electron chi connectivity index (χ3n) is 3.70. The van der Waals surface area contributed by atoms with E-state index < -0.39 is 6.10 Å². The summed E-state index contributed by atoms with van der Waals surface area (Å²) in [6.07, 6.45) is -0.500. The van der Waals surface area contributed by atoms with Crippen LogP contribution in [0.4, 0.5) is 4.39 Å². The van der Waals surface area contributed by atoms with Crippen molar-refractivity contribution in [3.63, 3.8) is 0 Å². The van der Waals surface area contributed by atoms with Gasteiger partial charge in [-0.2, -0.15) is 0 Å². The van der Waals surface area contributed by atoms with E-state index in [2.05, 4.69) is 10.2 Å². The summed E-state index contributed by atoms with van der Waals surface area (Å²) in [5.41, 5.74) is 0.430. The van der Waals surface area contributed by atoms with Gasteiger partial charge in [-0.15, -0.1) is 10.2 Å². The van der Waals surface area contributed by atoms with Crippen molar-refractivity contribution in [3.8, 4) is 11.5 Å². The summed E-state index contributed by atoms with van der Waals surface area (Å²) in [5.74, 6) is 1.15. The van der Waals surface area contributed by atoms with Crippen LogP contribution in [-0.4, -0.2) is 28.3 Å². The number of fused-ring (bicyclic) bond motifs is 1. The molecule has 132 valence electrons. The summed E-state index contributed by atoms with van der Waals surface area (Å²) in [6.45, 7) is 0.262. The number of rotatable bonds is 5. The van der Waals surface area contributed by atoms with Gasteiger partial charge in [0.1, 0.15) is 12.4 Å². The van der Waals surface area contributed by atoms with E-state index in [4.69, 9.17) is 13.9 Å². The highest BCUT2D eigenvalue weighted by Gasteiger charge is 2.27. The van der Waals surface area contributed by atoms with Gasteiger partial charge in [-0.25, -0.2) is 4.39 Å². The quantitative estimate of drug-likeness (QED) is 0.499. The molecule has 1 aromatic heterocycles. The van der Waals surface area contributed by atoms with Gasteiger partial charge in [0, 0.05) is 5.56 Å². The van der Waals surface area contributed by atoms with Crippen molar-refractivity contribution >= 4 is 17.5 Å². The average Bonchev–Trinajstić information content (AvgIpc) is 3.15. The highest BCUT2D eigenvalue weighted by atomic mass is 32.2. The number of Topliss-reactive ketones (excluding diaryl/α,β-unsaturated/α-hetero) is 1. The van der Waals surface area contributed by atoms with Crippen LogP contribution in [0.25, 0.3) is 0 Å². The number of ketones is 1. The van der Waals surface area contributed by atoms with Crippen LogP contribution in [0.15, 0.2) is 58.2 Å². The second-order valence-corrected chi connectivity index (χ2v) is 6.42. The van der Waals surface area contributed by atoms with Crippen LogP contribution in [-0.2, 0) is 0 Å². The molecular weight excluding hydrogens is 359 g/mol. The first-order valence-electron chi connectivity index (χ1n) is 7.82. The van der Waals surface area contributed by atoms with Crippen LogP contribution in [0.1, 0.15) is 22.4 Å². The largest absolute Gasteiger partial charge is 0.485 e. The Balaban J connectivity index is 1.38. The summed E-state index contributed by atoms with van der Waals surface area (Å²) in [6, 6.07) is 12.7. The Labute approximate surface area is 152 Å². The van der Waals surface area contributed by atoms with Gasteiger partial charge in [0.25, 0.3) is 11.1 Å². The molecule has 6 nitrogen and oxygen atoms in total. The molecule has 0 aliphatic carbocycles. The van der Waals surface area contributed by atoms with E-state index in [9.17, 15) is 9.18 Å². The molecule has 26 heavy (non-hydrogen) atoms. The molecular formula is C18H13FN2O4S. The topological polar surface area (TPSA) is 74.5 Å².